The van der Waals surface area contributed by atoms with Crippen LogP contribution in [0.5, 0.6) is 0 Å². The second kappa shape index (κ2) is 10.5. The highest BCUT2D eigenvalue weighted by Crippen LogP contribution is 2.09. The van der Waals surface area contributed by atoms with E-state index in [1.165, 1.54) is 0 Å². The number of amides is 2. The van der Waals surface area contributed by atoms with Crippen molar-refractivity contribution >= 4 is 23.2 Å². The van der Waals surface area contributed by atoms with Gasteiger partial charge in [0.15, 0.2) is 0 Å². The standard InChI is InChI=1S/C17H28N4O3S/c1-14(17(23)19-12-15-4-3-11-25-15)21-8-6-20(7-9-21)13-16(22)18-5-10-24-2/h3-4,11,14H,5-10,12-13H2,1-2H3,(H,18,22)(H,19,23). The first-order valence-corrected chi connectivity index (χ1v) is 9.50. The summed E-state index contributed by atoms with van der Waals surface area (Å²) < 4.78 is 4.92. The first-order valence-electron chi connectivity index (χ1n) is 8.62. The van der Waals surface area contributed by atoms with Crippen molar-refractivity contribution < 1.29 is 14.3 Å². The molecular formula is C17H28N4O3S. The fourth-order valence-corrected chi connectivity index (χ4v) is 3.41. The summed E-state index contributed by atoms with van der Waals surface area (Å²) in [6, 6.07) is 3.85. The van der Waals surface area contributed by atoms with Gasteiger partial charge in [-0.3, -0.25) is 19.4 Å². The molecule has 0 aliphatic carbocycles. The maximum Gasteiger partial charge on any atom is 0.237 e. The Bertz CT molecular complexity index is 530. The zero-order valence-electron chi connectivity index (χ0n) is 15.0. The molecule has 2 rings (SSSR count). The van der Waals surface area contributed by atoms with Crippen LogP contribution in [0.25, 0.3) is 0 Å². The summed E-state index contributed by atoms with van der Waals surface area (Å²) >= 11 is 1.64. The van der Waals surface area contributed by atoms with Gasteiger partial charge in [0, 0.05) is 44.7 Å². The summed E-state index contributed by atoms with van der Waals surface area (Å²) in [6.45, 7) is 7.16. The Morgan fingerprint density at radius 3 is 2.68 bits per heavy atom. The minimum Gasteiger partial charge on any atom is -0.383 e. The predicted molar refractivity (Wildman–Crippen MR) is 98.5 cm³/mol. The topological polar surface area (TPSA) is 73.9 Å². The molecule has 7 nitrogen and oxygen atoms in total. The van der Waals surface area contributed by atoms with E-state index in [1.807, 2.05) is 24.4 Å². The van der Waals surface area contributed by atoms with E-state index in [0.717, 1.165) is 31.1 Å². The molecule has 8 heteroatoms. The molecule has 2 N–H and O–H groups in total. The van der Waals surface area contributed by atoms with Crippen molar-refractivity contribution in [2.75, 3.05) is 53.0 Å². The van der Waals surface area contributed by atoms with E-state index < -0.39 is 0 Å². The number of nitrogens with one attached hydrogen (secondary N) is 2. The van der Waals surface area contributed by atoms with Gasteiger partial charge in [-0.2, -0.15) is 0 Å². The average Bonchev–Trinajstić information content (AvgIpc) is 3.13. The number of hydrogen-bond donors (Lipinski definition) is 2. The summed E-state index contributed by atoms with van der Waals surface area (Å²) in [7, 11) is 1.61. The van der Waals surface area contributed by atoms with Crippen LogP contribution in [0.3, 0.4) is 0 Å². The Hall–Kier alpha value is -1.48. The first kappa shape index (κ1) is 19.8. The molecule has 140 valence electrons. The zero-order valence-corrected chi connectivity index (χ0v) is 15.8. The number of carbonyl (C=O) groups excluding carboxylic acids is 2. The molecule has 1 aromatic heterocycles. The van der Waals surface area contributed by atoms with E-state index in [0.29, 0.717) is 26.2 Å². The van der Waals surface area contributed by atoms with Gasteiger partial charge in [-0.15, -0.1) is 11.3 Å². The molecule has 0 aromatic carbocycles. The molecular weight excluding hydrogens is 340 g/mol. The maximum atomic E-state index is 12.3. The molecule has 1 atom stereocenters. The van der Waals surface area contributed by atoms with E-state index in [2.05, 4.69) is 20.4 Å². The van der Waals surface area contributed by atoms with Crippen molar-refractivity contribution in [1.82, 2.24) is 20.4 Å². The Morgan fingerprint density at radius 1 is 1.28 bits per heavy atom. The van der Waals surface area contributed by atoms with Crippen molar-refractivity contribution in [1.29, 1.82) is 0 Å². The first-order chi connectivity index (χ1) is 12.1. The van der Waals surface area contributed by atoms with Crippen molar-refractivity contribution in [3.05, 3.63) is 22.4 Å². The van der Waals surface area contributed by atoms with Gasteiger partial charge >= 0.3 is 0 Å². The van der Waals surface area contributed by atoms with Crippen molar-refractivity contribution in [2.24, 2.45) is 0 Å². The zero-order chi connectivity index (χ0) is 18.1. The van der Waals surface area contributed by atoms with Crippen molar-refractivity contribution in [3.63, 3.8) is 0 Å². The van der Waals surface area contributed by atoms with Crippen LogP contribution in [-0.2, 0) is 20.9 Å². The number of carbonyl (C=O) groups is 2. The van der Waals surface area contributed by atoms with Gasteiger partial charge in [0.2, 0.25) is 11.8 Å². The summed E-state index contributed by atoms with van der Waals surface area (Å²) in [5.74, 6) is 0.0754. The van der Waals surface area contributed by atoms with E-state index in [9.17, 15) is 9.59 Å². The summed E-state index contributed by atoms with van der Waals surface area (Å²) in [6.07, 6.45) is 0. The molecule has 1 aliphatic rings. The number of nitrogens with zero attached hydrogens (tertiary/aromatic N) is 2. The van der Waals surface area contributed by atoms with Crippen LogP contribution in [0.4, 0.5) is 0 Å². The second-order valence-electron chi connectivity index (χ2n) is 6.13. The van der Waals surface area contributed by atoms with Crippen molar-refractivity contribution in [3.8, 4) is 0 Å². The monoisotopic (exact) mass is 368 g/mol. The Morgan fingerprint density at radius 2 is 2.04 bits per heavy atom. The van der Waals surface area contributed by atoms with Crippen LogP contribution < -0.4 is 10.6 Å². The van der Waals surface area contributed by atoms with Crippen molar-refractivity contribution in [2.45, 2.75) is 19.5 Å². The smallest absolute Gasteiger partial charge is 0.237 e. The minimum absolute atomic E-state index is 0.0206. The summed E-state index contributed by atoms with van der Waals surface area (Å²) in [5.41, 5.74) is 0. The summed E-state index contributed by atoms with van der Waals surface area (Å²) in [5, 5.41) is 7.83. The van der Waals surface area contributed by atoms with Crippen LogP contribution >= 0.6 is 11.3 Å². The van der Waals surface area contributed by atoms with Crippen LogP contribution in [0.2, 0.25) is 0 Å². The number of ether oxygens (including phenoxy) is 1. The number of methoxy groups -OCH3 is 1. The van der Waals surface area contributed by atoms with Gasteiger partial charge in [0.25, 0.3) is 0 Å². The van der Waals surface area contributed by atoms with Crippen LogP contribution in [0, 0.1) is 0 Å². The number of rotatable bonds is 9. The van der Waals surface area contributed by atoms with E-state index >= 15 is 0 Å². The van der Waals surface area contributed by atoms with Gasteiger partial charge in [-0.25, -0.2) is 0 Å². The van der Waals surface area contributed by atoms with Gasteiger partial charge in [0.1, 0.15) is 0 Å². The highest BCUT2D eigenvalue weighted by molar-refractivity contribution is 7.09. The highest BCUT2D eigenvalue weighted by Gasteiger charge is 2.26. The Kier molecular flexibility index (Phi) is 8.33. The lowest BCUT2D eigenvalue weighted by atomic mass is 10.2. The molecule has 0 saturated carbocycles. The van der Waals surface area contributed by atoms with Gasteiger partial charge < -0.3 is 15.4 Å². The van der Waals surface area contributed by atoms with Crippen LogP contribution in [-0.4, -0.2) is 80.6 Å². The third-order valence-corrected chi connectivity index (χ3v) is 5.22. The van der Waals surface area contributed by atoms with Gasteiger partial charge in [0.05, 0.1) is 25.7 Å². The minimum atomic E-state index is -0.155. The number of thiophene rings is 1. The van der Waals surface area contributed by atoms with Crippen LogP contribution in [0.15, 0.2) is 17.5 Å². The lowest BCUT2D eigenvalue weighted by Gasteiger charge is -2.37. The molecule has 2 heterocycles. The number of hydrogen-bond acceptors (Lipinski definition) is 6. The third kappa shape index (κ3) is 6.74. The molecule has 1 saturated heterocycles. The van der Waals surface area contributed by atoms with Gasteiger partial charge in [-0.05, 0) is 18.4 Å². The molecule has 1 fully saturated rings. The fourth-order valence-electron chi connectivity index (χ4n) is 2.76. The lowest BCUT2D eigenvalue weighted by Crippen LogP contribution is -2.55. The van der Waals surface area contributed by atoms with E-state index in [-0.39, 0.29) is 17.9 Å². The molecule has 1 unspecified atom stereocenters. The predicted octanol–water partition coefficient (Wildman–Crippen LogP) is 0.133. The molecule has 0 bridgehead atoms. The normalized spacial score (nSPS) is 17.2. The molecule has 2 amide bonds. The molecule has 1 aromatic rings. The van der Waals surface area contributed by atoms with E-state index in [1.54, 1.807) is 18.4 Å². The molecule has 1 aliphatic heterocycles. The molecule has 25 heavy (non-hydrogen) atoms. The number of piperazine rings is 1. The maximum absolute atomic E-state index is 12.3. The Labute approximate surface area is 153 Å². The molecule has 0 radical (unpaired) electrons. The summed E-state index contributed by atoms with van der Waals surface area (Å²) in [4.78, 5) is 29.6. The average molecular weight is 369 g/mol. The molecule has 0 spiro atoms. The van der Waals surface area contributed by atoms with Crippen LogP contribution in [0.1, 0.15) is 11.8 Å². The SMILES string of the molecule is COCCNC(=O)CN1CCN(C(C)C(=O)NCc2cccs2)CC1. The third-order valence-electron chi connectivity index (χ3n) is 4.35. The Balaban J connectivity index is 1.66. The quantitative estimate of drug-likeness (QED) is 0.606. The second-order valence-corrected chi connectivity index (χ2v) is 7.16. The highest BCUT2D eigenvalue weighted by atomic mass is 32.1. The lowest BCUT2D eigenvalue weighted by molar-refractivity contribution is -0.128. The largest absolute Gasteiger partial charge is 0.383 e. The van der Waals surface area contributed by atoms with Gasteiger partial charge in [-0.1, -0.05) is 6.07 Å². The van der Waals surface area contributed by atoms with E-state index in [4.69, 9.17) is 4.74 Å². The fraction of sp³-hybridized carbons (Fsp3) is 0.647.